The minimum Gasteiger partial charge on any atom is -0.324 e. The van der Waals surface area contributed by atoms with Gasteiger partial charge in [-0.2, -0.15) is 0 Å². The molecule has 3 unspecified atom stereocenters. The number of hydrogen-bond donors (Lipinski definition) is 1. The van der Waals surface area contributed by atoms with Crippen molar-refractivity contribution in [2.75, 3.05) is 0 Å². The summed E-state index contributed by atoms with van der Waals surface area (Å²) in [5, 5.41) is 0.751. The lowest BCUT2D eigenvalue weighted by atomic mass is 9.75. The van der Waals surface area contributed by atoms with Crippen molar-refractivity contribution >= 4 is 27.5 Å². The van der Waals surface area contributed by atoms with E-state index in [0.29, 0.717) is 5.92 Å². The molecule has 3 heteroatoms. The highest BCUT2D eigenvalue weighted by Gasteiger charge is 2.26. The first-order valence-corrected chi connectivity index (χ1v) is 7.99. The lowest BCUT2D eigenvalue weighted by molar-refractivity contribution is 0.230. The Bertz CT molecular complexity index is 407. The molecule has 1 aliphatic carbocycles. The Morgan fingerprint density at radius 3 is 2.89 bits per heavy atom. The zero-order valence-corrected chi connectivity index (χ0v) is 13.2. The normalized spacial score (nSPS) is 26.0. The summed E-state index contributed by atoms with van der Waals surface area (Å²) in [5.74, 6) is 1.49. The second-order valence-electron chi connectivity index (χ2n) is 5.40. The van der Waals surface area contributed by atoms with Crippen LogP contribution in [0.4, 0.5) is 0 Å². The molecule has 0 radical (unpaired) electrons. The summed E-state index contributed by atoms with van der Waals surface area (Å²) < 4.78 is 0.944. The zero-order valence-electron chi connectivity index (χ0n) is 10.8. The van der Waals surface area contributed by atoms with Gasteiger partial charge in [-0.25, -0.2) is 0 Å². The van der Waals surface area contributed by atoms with Gasteiger partial charge in [0.15, 0.2) is 0 Å². The molecule has 3 atom stereocenters. The smallest absolute Gasteiger partial charge is 0.0548 e. The first-order chi connectivity index (χ1) is 8.61. The fraction of sp³-hybridized carbons (Fsp3) is 0.600. The van der Waals surface area contributed by atoms with Gasteiger partial charge < -0.3 is 5.73 Å². The number of rotatable bonds is 3. The van der Waals surface area contributed by atoms with E-state index in [9.17, 15) is 0 Å². The molecule has 18 heavy (non-hydrogen) atoms. The van der Waals surface area contributed by atoms with Gasteiger partial charge in [0.25, 0.3) is 0 Å². The van der Waals surface area contributed by atoms with Gasteiger partial charge in [-0.3, -0.25) is 0 Å². The van der Waals surface area contributed by atoms with E-state index in [4.69, 9.17) is 17.3 Å². The molecular formula is C15H21BrClN. The zero-order chi connectivity index (χ0) is 13.1. The van der Waals surface area contributed by atoms with Gasteiger partial charge in [0.05, 0.1) is 5.02 Å². The Morgan fingerprint density at radius 2 is 2.22 bits per heavy atom. The van der Waals surface area contributed by atoms with Crippen LogP contribution in [0.3, 0.4) is 0 Å². The number of benzene rings is 1. The molecule has 2 N–H and O–H groups in total. The topological polar surface area (TPSA) is 26.0 Å². The van der Waals surface area contributed by atoms with Gasteiger partial charge in [-0.1, -0.05) is 43.9 Å². The number of hydrogen-bond acceptors (Lipinski definition) is 1. The van der Waals surface area contributed by atoms with E-state index in [-0.39, 0.29) is 6.04 Å². The molecule has 0 aliphatic heterocycles. The van der Waals surface area contributed by atoms with Crippen LogP contribution in [0.15, 0.2) is 22.7 Å². The summed E-state index contributed by atoms with van der Waals surface area (Å²) >= 11 is 9.51. The van der Waals surface area contributed by atoms with Gasteiger partial charge in [-0.15, -0.1) is 0 Å². The third-order valence-electron chi connectivity index (χ3n) is 4.24. The van der Waals surface area contributed by atoms with E-state index in [1.165, 1.54) is 37.7 Å². The van der Waals surface area contributed by atoms with Crippen LogP contribution < -0.4 is 5.73 Å². The van der Waals surface area contributed by atoms with Gasteiger partial charge in [0.2, 0.25) is 0 Å². The van der Waals surface area contributed by atoms with E-state index in [2.05, 4.69) is 35.0 Å². The molecular weight excluding hydrogens is 310 g/mol. The Hall–Kier alpha value is -0.0500. The molecule has 1 aromatic rings. The van der Waals surface area contributed by atoms with Gasteiger partial charge >= 0.3 is 0 Å². The van der Waals surface area contributed by atoms with Crippen LogP contribution in [0.25, 0.3) is 0 Å². The minimum atomic E-state index is 0.146. The lowest BCUT2D eigenvalue weighted by Gasteiger charge is -2.32. The molecule has 1 saturated carbocycles. The first-order valence-electron chi connectivity index (χ1n) is 6.82. The van der Waals surface area contributed by atoms with E-state index in [0.717, 1.165) is 15.4 Å². The summed E-state index contributed by atoms with van der Waals surface area (Å²) in [6, 6.07) is 6.21. The molecule has 100 valence electrons. The summed E-state index contributed by atoms with van der Waals surface area (Å²) in [7, 11) is 0. The van der Waals surface area contributed by atoms with Crippen molar-refractivity contribution in [3.63, 3.8) is 0 Å². The van der Waals surface area contributed by atoms with E-state index in [1.54, 1.807) is 0 Å². The SMILES string of the molecule is CCC1CCCC(C(N)c2ccc(Cl)c(Br)c2)C1. The Morgan fingerprint density at radius 1 is 1.44 bits per heavy atom. The highest BCUT2D eigenvalue weighted by Crippen LogP contribution is 2.38. The second-order valence-corrected chi connectivity index (χ2v) is 6.66. The molecule has 0 heterocycles. The van der Waals surface area contributed by atoms with Gasteiger partial charge in [0.1, 0.15) is 0 Å². The predicted molar refractivity (Wildman–Crippen MR) is 81.8 cm³/mol. The largest absolute Gasteiger partial charge is 0.324 e. The average molecular weight is 331 g/mol. The van der Waals surface area contributed by atoms with Crippen molar-refractivity contribution in [3.05, 3.63) is 33.3 Å². The quantitative estimate of drug-likeness (QED) is 0.797. The third kappa shape index (κ3) is 3.28. The molecule has 0 bridgehead atoms. The third-order valence-corrected chi connectivity index (χ3v) is 5.45. The number of nitrogens with two attached hydrogens (primary N) is 1. The second kappa shape index (κ2) is 6.40. The maximum Gasteiger partial charge on any atom is 0.0548 e. The maximum absolute atomic E-state index is 6.44. The average Bonchev–Trinajstić information content (AvgIpc) is 2.41. The molecule has 0 amide bonds. The Kier molecular flexibility index (Phi) is 5.11. The van der Waals surface area contributed by atoms with Crippen LogP contribution in [0.5, 0.6) is 0 Å². The summed E-state index contributed by atoms with van der Waals surface area (Å²) in [6.07, 6.45) is 6.53. The van der Waals surface area contributed by atoms with Crippen molar-refractivity contribution in [3.8, 4) is 0 Å². The summed E-state index contributed by atoms with van der Waals surface area (Å²) in [4.78, 5) is 0. The standard InChI is InChI=1S/C15H21BrClN/c1-2-10-4-3-5-11(8-10)15(18)12-6-7-14(17)13(16)9-12/h6-7,9-11,15H,2-5,8,18H2,1H3. The monoisotopic (exact) mass is 329 g/mol. The van der Waals surface area contributed by atoms with Crippen LogP contribution in [-0.4, -0.2) is 0 Å². The van der Waals surface area contributed by atoms with E-state index >= 15 is 0 Å². The highest BCUT2D eigenvalue weighted by molar-refractivity contribution is 9.10. The summed E-state index contributed by atoms with van der Waals surface area (Å²) in [6.45, 7) is 2.29. The van der Waals surface area contributed by atoms with Crippen molar-refractivity contribution in [2.24, 2.45) is 17.6 Å². The number of halogens is 2. The molecule has 1 nitrogen and oxygen atoms in total. The predicted octanol–water partition coefficient (Wildman–Crippen LogP) is 5.32. The molecule has 0 saturated heterocycles. The Balaban J connectivity index is 2.10. The van der Waals surface area contributed by atoms with Crippen molar-refractivity contribution < 1.29 is 0 Å². The molecule has 1 fully saturated rings. The van der Waals surface area contributed by atoms with Gasteiger partial charge in [-0.05, 0) is 58.3 Å². The molecule has 1 aromatic carbocycles. The lowest BCUT2D eigenvalue weighted by Crippen LogP contribution is -2.26. The van der Waals surface area contributed by atoms with Gasteiger partial charge in [0, 0.05) is 10.5 Å². The highest BCUT2D eigenvalue weighted by atomic mass is 79.9. The molecule has 1 aliphatic rings. The Labute approximate surface area is 123 Å². The first kappa shape index (κ1) is 14.4. The molecule has 2 rings (SSSR count). The van der Waals surface area contributed by atoms with Crippen molar-refractivity contribution in [1.29, 1.82) is 0 Å². The van der Waals surface area contributed by atoms with E-state index < -0.39 is 0 Å². The van der Waals surface area contributed by atoms with Crippen LogP contribution in [0, 0.1) is 11.8 Å². The van der Waals surface area contributed by atoms with Crippen LogP contribution in [0.1, 0.15) is 50.6 Å². The fourth-order valence-corrected chi connectivity index (χ4v) is 3.54. The van der Waals surface area contributed by atoms with Crippen molar-refractivity contribution in [1.82, 2.24) is 0 Å². The van der Waals surface area contributed by atoms with Crippen LogP contribution >= 0.6 is 27.5 Å². The fourth-order valence-electron chi connectivity index (χ4n) is 3.02. The molecule has 0 aromatic heterocycles. The van der Waals surface area contributed by atoms with E-state index in [1.807, 2.05) is 6.07 Å². The summed E-state index contributed by atoms with van der Waals surface area (Å²) in [5.41, 5.74) is 7.64. The van der Waals surface area contributed by atoms with Crippen LogP contribution in [0.2, 0.25) is 5.02 Å². The van der Waals surface area contributed by atoms with Crippen LogP contribution in [-0.2, 0) is 0 Å². The minimum absolute atomic E-state index is 0.146. The van der Waals surface area contributed by atoms with Crippen molar-refractivity contribution in [2.45, 2.75) is 45.1 Å². The maximum atomic E-state index is 6.44. The molecule has 0 spiro atoms.